The fourth-order valence-corrected chi connectivity index (χ4v) is 2.53. The molecule has 2 bridgehead atoms. The number of rotatable bonds is 1. The lowest BCUT2D eigenvalue weighted by Crippen LogP contribution is -2.39. The highest BCUT2D eigenvalue weighted by Crippen LogP contribution is 2.52. The van der Waals surface area contributed by atoms with E-state index in [1.165, 1.54) is 5.56 Å². The third-order valence-electron chi connectivity index (χ3n) is 3.39. The Hall–Kier alpha value is -1.31. The predicted octanol–water partition coefficient (Wildman–Crippen LogP) is 1.95. The lowest BCUT2D eigenvalue weighted by molar-refractivity contribution is -0.139. The first-order valence-corrected chi connectivity index (χ1v) is 4.99. The molecule has 0 N–H and O–H groups in total. The molecular formula is C12H12O2. The Balaban J connectivity index is 2.07. The molecule has 3 fully saturated rings. The largest absolute Gasteiger partial charge is 0.462 e. The van der Waals surface area contributed by atoms with Gasteiger partial charge in [0.25, 0.3) is 0 Å². The van der Waals surface area contributed by atoms with Crippen molar-refractivity contribution in [3.63, 3.8) is 0 Å². The van der Waals surface area contributed by atoms with Gasteiger partial charge in [0.1, 0.15) is 6.10 Å². The zero-order valence-corrected chi connectivity index (χ0v) is 8.12. The summed E-state index contributed by atoms with van der Waals surface area (Å²) in [6.07, 6.45) is 1.97. The fraction of sp³-hybridized carbons (Fsp3) is 0.417. The minimum absolute atomic E-state index is 0.0203. The minimum atomic E-state index is -0.281. The first-order valence-electron chi connectivity index (χ1n) is 4.99. The highest BCUT2D eigenvalue weighted by atomic mass is 16.6. The van der Waals surface area contributed by atoms with E-state index in [2.05, 4.69) is 19.1 Å². The van der Waals surface area contributed by atoms with Crippen LogP contribution in [0.1, 0.15) is 24.0 Å². The Labute approximate surface area is 82.9 Å². The molecule has 0 atom stereocenters. The summed E-state index contributed by atoms with van der Waals surface area (Å²) in [5, 5.41) is 0. The number of ether oxygens (including phenoxy) is 1. The van der Waals surface area contributed by atoms with E-state index in [1.54, 1.807) is 0 Å². The van der Waals surface area contributed by atoms with Crippen molar-refractivity contribution < 1.29 is 9.53 Å². The van der Waals surface area contributed by atoms with Crippen molar-refractivity contribution in [3.05, 3.63) is 35.4 Å². The molecule has 4 rings (SSSR count). The molecule has 2 heteroatoms. The van der Waals surface area contributed by atoms with Gasteiger partial charge in [-0.05, 0) is 12.5 Å². The van der Waals surface area contributed by atoms with Crippen LogP contribution in [0.5, 0.6) is 0 Å². The summed E-state index contributed by atoms with van der Waals surface area (Å²) in [6, 6.07) is 8.20. The molecule has 2 heterocycles. The number of carbonyl (C=O) groups excluding carboxylic acids is 1. The number of hydrogen-bond donors (Lipinski definition) is 0. The number of fused-ring (bicyclic) bond motifs is 1. The van der Waals surface area contributed by atoms with Crippen LogP contribution < -0.4 is 0 Å². The van der Waals surface area contributed by atoms with Crippen molar-refractivity contribution in [2.45, 2.75) is 31.3 Å². The van der Waals surface area contributed by atoms with Crippen LogP contribution >= 0.6 is 0 Å². The Bertz CT molecular complexity index is 403. The topological polar surface area (TPSA) is 26.3 Å². The molecule has 1 aliphatic carbocycles. The first-order chi connectivity index (χ1) is 6.71. The normalized spacial score (nSPS) is 33.8. The molecule has 0 spiro atoms. The summed E-state index contributed by atoms with van der Waals surface area (Å²) >= 11 is 0. The quantitative estimate of drug-likeness (QED) is 0.630. The second kappa shape index (κ2) is 2.38. The van der Waals surface area contributed by atoms with E-state index in [1.807, 2.05) is 12.1 Å². The average molecular weight is 188 g/mol. The van der Waals surface area contributed by atoms with Crippen LogP contribution in [0.25, 0.3) is 0 Å². The molecule has 1 aromatic rings. The smallest absolute Gasteiger partial charge is 0.317 e. The lowest BCUT2D eigenvalue weighted by atomic mass is 9.65. The summed E-state index contributed by atoms with van der Waals surface area (Å²) in [7, 11) is 0. The van der Waals surface area contributed by atoms with Crippen LogP contribution in [0.2, 0.25) is 0 Å². The SMILES string of the molecule is Cc1cccc(C23CC(C2)OC3=O)c1. The zero-order valence-electron chi connectivity index (χ0n) is 8.12. The van der Waals surface area contributed by atoms with Crippen molar-refractivity contribution >= 4 is 5.97 Å². The molecule has 14 heavy (non-hydrogen) atoms. The van der Waals surface area contributed by atoms with Gasteiger partial charge in [0.05, 0.1) is 5.41 Å². The van der Waals surface area contributed by atoms with Crippen LogP contribution in [0.15, 0.2) is 24.3 Å². The molecule has 0 amide bonds. The van der Waals surface area contributed by atoms with Crippen LogP contribution in [0.3, 0.4) is 0 Å². The van der Waals surface area contributed by atoms with Crippen LogP contribution in [-0.4, -0.2) is 12.1 Å². The van der Waals surface area contributed by atoms with Gasteiger partial charge in [-0.2, -0.15) is 0 Å². The van der Waals surface area contributed by atoms with Gasteiger partial charge in [0.2, 0.25) is 0 Å². The summed E-state index contributed by atoms with van der Waals surface area (Å²) in [5.41, 5.74) is 2.06. The van der Waals surface area contributed by atoms with E-state index >= 15 is 0 Å². The maximum atomic E-state index is 11.6. The van der Waals surface area contributed by atoms with Gasteiger partial charge in [0.15, 0.2) is 0 Å². The average Bonchev–Trinajstić information content (AvgIpc) is 2.56. The van der Waals surface area contributed by atoms with Crippen molar-refractivity contribution in [3.8, 4) is 0 Å². The van der Waals surface area contributed by atoms with Crippen LogP contribution in [-0.2, 0) is 14.9 Å². The Morgan fingerprint density at radius 3 is 2.79 bits per heavy atom. The van der Waals surface area contributed by atoms with Gasteiger partial charge in [-0.25, -0.2) is 0 Å². The number of hydrogen-bond acceptors (Lipinski definition) is 2. The minimum Gasteiger partial charge on any atom is -0.462 e. The molecule has 3 aliphatic rings. The maximum Gasteiger partial charge on any atom is 0.317 e. The highest BCUT2D eigenvalue weighted by molar-refractivity contribution is 5.88. The summed E-state index contributed by atoms with van der Waals surface area (Å²) in [5.74, 6) is -0.0203. The molecule has 0 radical (unpaired) electrons. The van der Waals surface area contributed by atoms with Gasteiger partial charge in [-0.1, -0.05) is 29.8 Å². The van der Waals surface area contributed by atoms with Gasteiger partial charge in [0, 0.05) is 12.8 Å². The monoisotopic (exact) mass is 188 g/mol. The van der Waals surface area contributed by atoms with Gasteiger partial charge < -0.3 is 4.74 Å². The highest BCUT2D eigenvalue weighted by Gasteiger charge is 2.60. The van der Waals surface area contributed by atoms with Gasteiger partial charge in [-0.15, -0.1) is 0 Å². The number of carbonyl (C=O) groups is 1. The molecule has 1 aromatic carbocycles. The van der Waals surface area contributed by atoms with E-state index < -0.39 is 0 Å². The third-order valence-corrected chi connectivity index (χ3v) is 3.39. The summed E-state index contributed by atoms with van der Waals surface area (Å²) in [4.78, 5) is 11.6. The Morgan fingerprint density at radius 2 is 2.21 bits per heavy atom. The number of esters is 1. The standard InChI is InChI=1S/C12H12O2/c1-8-3-2-4-9(5-8)12-6-10(7-12)14-11(12)13/h2-5,10H,6-7H2,1H3. The third kappa shape index (κ3) is 0.834. The molecule has 72 valence electrons. The van der Waals surface area contributed by atoms with Crippen molar-refractivity contribution in [2.24, 2.45) is 0 Å². The number of benzene rings is 1. The van der Waals surface area contributed by atoms with Crippen molar-refractivity contribution in [1.29, 1.82) is 0 Å². The fourth-order valence-electron chi connectivity index (χ4n) is 2.53. The van der Waals surface area contributed by atoms with Crippen molar-refractivity contribution in [1.82, 2.24) is 0 Å². The van der Waals surface area contributed by atoms with E-state index in [0.29, 0.717) is 0 Å². The molecule has 2 saturated heterocycles. The van der Waals surface area contributed by atoms with E-state index in [-0.39, 0.29) is 17.5 Å². The Kier molecular flexibility index (Phi) is 1.37. The van der Waals surface area contributed by atoms with E-state index in [4.69, 9.17) is 4.74 Å². The molecular weight excluding hydrogens is 176 g/mol. The molecule has 1 saturated carbocycles. The van der Waals surface area contributed by atoms with Crippen LogP contribution in [0.4, 0.5) is 0 Å². The Morgan fingerprint density at radius 1 is 1.43 bits per heavy atom. The lowest BCUT2D eigenvalue weighted by Gasteiger charge is -2.32. The van der Waals surface area contributed by atoms with E-state index in [9.17, 15) is 4.79 Å². The molecule has 0 aromatic heterocycles. The molecule has 2 nitrogen and oxygen atoms in total. The number of aryl methyl sites for hydroxylation is 1. The second-order valence-electron chi connectivity index (χ2n) is 4.39. The van der Waals surface area contributed by atoms with Gasteiger partial charge >= 0.3 is 5.97 Å². The zero-order chi connectivity index (χ0) is 9.76. The van der Waals surface area contributed by atoms with Crippen LogP contribution in [0, 0.1) is 6.92 Å². The molecule has 2 aliphatic heterocycles. The maximum absolute atomic E-state index is 11.6. The summed E-state index contributed by atoms with van der Waals surface area (Å²) in [6.45, 7) is 2.05. The summed E-state index contributed by atoms with van der Waals surface area (Å²) < 4.78 is 5.19. The molecule has 0 unspecified atom stereocenters. The van der Waals surface area contributed by atoms with E-state index in [0.717, 1.165) is 18.4 Å². The predicted molar refractivity (Wildman–Crippen MR) is 52.0 cm³/mol. The van der Waals surface area contributed by atoms with Gasteiger partial charge in [-0.3, -0.25) is 4.79 Å². The van der Waals surface area contributed by atoms with Crippen molar-refractivity contribution in [2.75, 3.05) is 0 Å². The second-order valence-corrected chi connectivity index (χ2v) is 4.39. The first kappa shape index (κ1) is 8.04.